The molecule has 0 N–H and O–H groups in total. The minimum atomic E-state index is -0.690. The van der Waals surface area contributed by atoms with Crippen molar-refractivity contribution in [2.75, 3.05) is 7.11 Å². The highest BCUT2D eigenvalue weighted by Crippen LogP contribution is 2.31. The van der Waals surface area contributed by atoms with Gasteiger partial charge in [0, 0.05) is 11.8 Å². The summed E-state index contributed by atoms with van der Waals surface area (Å²) in [4.78, 5) is 29.5. The topological polar surface area (TPSA) is 74.1 Å². The Labute approximate surface area is 187 Å². The van der Waals surface area contributed by atoms with Crippen molar-refractivity contribution in [3.05, 3.63) is 88.3 Å². The number of nitrogens with zero attached hydrogens (tertiary/aromatic N) is 3. The first kappa shape index (κ1) is 21.4. The molecule has 0 radical (unpaired) electrons. The summed E-state index contributed by atoms with van der Waals surface area (Å²) in [6.45, 7) is 1.83. The van der Waals surface area contributed by atoms with Crippen molar-refractivity contribution < 1.29 is 18.7 Å². The standard InChI is InChI=1S/C24H17ClFN3O3/c1-3-6-14-7-4-8-17(25)20(14)23(30)29-19-9-5-12-27-22(19)21(28-29)16-11-10-15(13-18(16)26)24(31)32-2/h3-13H,1-2H3. The van der Waals surface area contributed by atoms with Crippen molar-refractivity contribution in [3.63, 3.8) is 0 Å². The van der Waals surface area contributed by atoms with Crippen LogP contribution < -0.4 is 0 Å². The first-order valence-electron chi connectivity index (χ1n) is 9.64. The lowest BCUT2D eigenvalue weighted by molar-refractivity contribution is 0.0600. The fourth-order valence-electron chi connectivity index (χ4n) is 3.43. The van der Waals surface area contributed by atoms with Gasteiger partial charge in [-0.3, -0.25) is 9.78 Å². The van der Waals surface area contributed by atoms with Gasteiger partial charge >= 0.3 is 5.97 Å². The highest BCUT2D eigenvalue weighted by molar-refractivity contribution is 6.34. The molecule has 0 aliphatic rings. The fourth-order valence-corrected chi connectivity index (χ4v) is 3.69. The van der Waals surface area contributed by atoms with Gasteiger partial charge in [0.25, 0.3) is 5.91 Å². The van der Waals surface area contributed by atoms with Crippen molar-refractivity contribution >= 4 is 40.6 Å². The van der Waals surface area contributed by atoms with E-state index < -0.39 is 17.7 Å². The molecule has 0 saturated heterocycles. The van der Waals surface area contributed by atoms with Crippen LogP contribution in [0.4, 0.5) is 4.39 Å². The van der Waals surface area contributed by atoms with E-state index >= 15 is 0 Å². The van der Waals surface area contributed by atoms with Crippen molar-refractivity contribution in [2.24, 2.45) is 0 Å². The van der Waals surface area contributed by atoms with Crippen molar-refractivity contribution in [3.8, 4) is 11.3 Å². The number of esters is 1. The maximum Gasteiger partial charge on any atom is 0.337 e. The lowest BCUT2D eigenvalue weighted by Gasteiger charge is -2.08. The van der Waals surface area contributed by atoms with Gasteiger partial charge in [-0.1, -0.05) is 35.9 Å². The second kappa shape index (κ2) is 8.72. The molecule has 2 heterocycles. The number of hydrogen-bond acceptors (Lipinski definition) is 5. The molecule has 160 valence electrons. The van der Waals surface area contributed by atoms with Crippen LogP contribution in [0.3, 0.4) is 0 Å². The van der Waals surface area contributed by atoms with Gasteiger partial charge in [0.05, 0.1) is 28.8 Å². The highest BCUT2D eigenvalue weighted by Gasteiger charge is 2.24. The third-order valence-electron chi connectivity index (χ3n) is 4.88. The number of hydrogen-bond donors (Lipinski definition) is 0. The summed E-state index contributed by atoms with van der Waals surface area (Å²) in [5.41, 5.74) is 1.97. The van der Waals surface area contributed by atoms with Crippen molar-refractivity contribution in [1.29, 1.82) is 0 Å². The maximum absolute atomic E-state index is 14.9. The average molecular weight is 450 g/mol. The number of pyridine rings is 1. The molecule has 0 amide bonds. The average Bonchev–Trinajstić information content (AvgIpc) is 3.18. The molecular weight excluding hydrogens is 433 g/mol. The molecule has 2 aromatic carbocycles. The smallest absolute Gasteiger partial charge is 0.337 e. The van der Waals surface area contributed by atoms with Crippen molar-refractivity contribution in [1.82, 2.24) is 14.8 Å². The number of fused-ring (bicyclic) bond motifs is 1. The van der Waals surface area contributed by atoms with E-state index in [-0.39, 0.29) is 27.4 Å². The minimum Gasteiger partial charge on any atom is -0.465 e. The summed E-state index contributed by atoms with van der Waals surface area (Å²) in [5, 5.41) is 4.67. The number of benzene rings is 2. The number of rotatable bonds is 4. The number of ether oxygens (including phenoxy) is 1. The van der Waals surface area contributed by atoms with Gasteiger partial charge in [0.15, 0.2) is 0 Å². The summed E-state index contributed by atoms with van der Waals surface area (Å²) in [5.74, 6) is -1.82. The van der Waals surface area contributed by atoms with E-state index in [1.165, 1.54) is 30.1 Å². The van der Waals surface area contributed by atoms with Crippen molar-refractivity contribution in [2.45, 2.75) is 6.92 Å². The summed E-state index contributed by atoms with van der Waals surface area (Å²) < 4.78 is 20.7. The maximum atomic E-state index is 14.9. The van der Waals surface area contributed by atoms with E-state index in [9.17, 15) is 14.0 Å². The molecule has 0 aliphatic heterocycles. The van der Waals surface area contributed by atoms with Crippen LogP contribution in [-0.4, -0.2) is 33.8 Å². The van der Waals surface area contributed by atoms with Gasteiger partial charge in [-0.15, -0.1) is 0 Å². The Morgan fingerprint density at radius 3 is 2.69 bits per heavy atom. The van der Waals surface area contributed by atoms with Gasteiger partial charge in [-0.25, -0.2) is 9.18 Å². The monoisotopic (exact) mass is 449 g/mol. The van der Waals surface area contributed by atoms with E-state index in [2.05, 4.69) is 14.8 Å². The molecule has 0 aliphatic carbocycles. The van der Waals surface area contributed by atoms with E-state index in [1.807, 2.05) is 6.92 Å². The lowest BCUT2D eigenvalue weighted by Crippen LogP contribution is -2.15. The van der Waals surface area contributed by atoms with Gasteiger partial charge < -0.3 is 4.74 Å². The Bertz CT molecular complexity index is 1390. The molecule has 0 saturated carbocycles. The number of carbonyl (C=O) groups is 2. The Hall–Kier alpha value is -3.84. The van der Waals surface area contributed by atoms with Crippen LogP contribution in [0.15, 0.2) is 60.8 Å². The zero-order chi connectivity index (χ0) is 22.8. The molecule has 0 bridgehead atoms. The normalized spacial score (nSPS) is 11.2. The lowest BCUT2D eigenvalue weighted by atomic mass is 10.1. The number of halogens is 2. The van der Waals surface area contributed by atoms with Crippen LogP contribution in [0.25, 0.3) is 28.4 Å². The molecule has 6 nitrogen and oxygen atoms in total. The quantitative estimate of drug-likeness (QED) is 0.390. The predicted octanol–water partition coefficient (Wildman–Crippen LogP) is 5.40. The van der Waals surface area contributed by atoms with Crippen LogP contribution in [0.1, 0.15) is 33.2 Å². The largest absolute Gasteiger partial charge is 0.465 e. The van der Waals surface area contributed by atoms with Crippen LogP contribution in [0, 0.1) is 5.82 Å². The molecule has 4 aromatic rings. The molecule has 2 aromatic heterocycles. The summed E-state index contributed by atoms with van der Waals surface area (Å²) >= 11 is 6.36. The molecule has 4 rings (SSSR count). The third-order valence-corrected chi connectivity index (χ3v) is 5.20. The second-order valence-corrected chi connectivity index (χ2v) is 7.23. The minimum absolute atomic E-state index is 0.0635. The summed E-state index contributed by atoms with van der Waals surface area (Å²) in [6, 6.07) is 12.4. The van der Waals surface area contributed by atoms with E-state index in [0.29, 0.717) is 16.6 Å². The van der Waals surface area contributed by atoms with Gasteiger partial charge in [0.2, 0.25) is 0 Å². The number of methoxy groups -OCH3 is 1. The third kappa shape index (κ3) is 3.67. The fraction of sp³-hybridized carbons (Fsp3) is 0.0833. The summed E-state index contributed by atoms with van der Waals surface area (Å²) in [6.07, 6.45) is 5.10. The first-order valence-corrected chi connectivity index (χ1v) is 10.0. The van der Waals surface area contributed by atoms with E-state index in [4.69, 9.17) is 11.6 Å². The second-order valence-electron chi connectivity index (χ2n) is 6.83. The SMILES string of the molecule is CC=Cc1cccc(Cl)c1C(=O)n1nc(-c2ccc(C(=O)OC)cc2F)c2ncccc21. The van der Waals surface area contributed by atoms with Gasteiger partial charge in [0.1, 0.15) is 17.0 Å². The van der Waals surface area contributed by atoms with Crippen LogP contribution in [0.5, 0.6) is 0 Å². The number of allylic oxidation sites excluding steroid dienone is 1. The molecule has 0 atom stereocenters. The Balaban J connectivity index is 1.91. The van der Waals surface area contributed by atoms with Gasteiger partial charge in [-0.05, 0) is 48.9 Å². The van der Waals surface area contributed by atoms with Crippen LogP contribution in [0.2, 0.25) is 5.02 Å². The highest BCUT2D eigenvalue weighted by atomic mass is 35.5. The Kier molecular flexibility index (Phi) is 5.83. The zero-order valence-electron chi connectivity index (χ0n) is 17.2. The van der Waals surface area contributed by atoms with E-state index in [0.717, 1.165) is 6.07 Å². The molecule has 0 unspecified atom stereocenters. The van der Waals surface area contributed by atoms with Crippen LogP contribution in [-0.2, 0) is 4.74 Å². The first-order chi connectivity index (χ1) is 15.5. The molecular formula is C24H17ClFN3O3. The number of carbonyl (C=O) groups excluding carboxylic acids is 2. The van der Waals surface area contributed by atoms with Gasteiger partial charge in [-0.2, -0.15) is 9.78 Å². The van der Waals surface area contributed by atoms with Crippen LogP contribution >= 0.6 is 11.6 Å². The number of aromatic nitrogens is 3. The molecule has 32 heavy (non-hydrogen) atoms. The molecule has 0 fully saturated rings. The molecule has 8 heteroatoms. The predicted molar refractivity (Wildman–Crippen MR) is 120 cm³/mol. The Morgan fingerprint density at radius 2 is 1.97 bits per heavy atom. The van der Waals surface area contributed by atoms with E-state index in [1.54, 1.807) is 42.5 Å². The summed E-state index contributed by atoms with van der Waals surface area (Å²) in [7, 11) is 1.22. The molecule has 0 spiro atoms. The zero-order valence-corrected chi connectivity index (χ0v) is 17.9. The Morgan fingerprint density at radius 1 is 1.16 bits per heavy atom.